The second-order valence-corrected chi connectivity index (χ2v) is 13.5. The van der Waals surface area contributed by atoms with Crippen LogP contribution in [0.4, 0.5) is 23.7 Å². The SMILES string of the molecule is O=C(NN1CCOCC1)c1cc(CN2C(=O)N(c3ccc(S(=O)(=O)C(F)(F)F)cc3)C(=O)C23CC3)ccn1.O=C1CC(=O)C2(C1)NN2. The zero-order valence-corrected chi connectivity index (χ0v) is 25.3. The van der Waals surface area contributed by atoms with Crippen molar-refractivity contribution < 1.29 is 50.3 Å². The summed E-state index contributed by atoms with van der Waals surface area (Å²) in [7, 11) is -5.57. The number of benzene rings is 1. The number of amides is 4. The van der Waals surface area contributed by atoms with Crippen molar-refractivity contribution in [2.24, 2.45) is 0 Å². The number of imide groups is 1. The molecule has 3 N–H and O–H groups in total. The van der Waals surface area contributed by atoms with Gasteiger partial charge in [-0.15, -0.1) is 0 Å². The van der Waals surface area contributed by atoms with Crippen molar-refractivity contribution in [2.75, 3.05) is 31.2 Å². The third-order valence-corrected chi connectivity index (χ3v) is 9.87. The zero-order chi connectivity index (χ0) is 33.8. The first-order valence-corrected chi connectivity index (χ1v) is 15.9. The molecular formula is C28H28F3N7O8S. The summed E-state index contributed by atoms with van der Waals surface area (Å²) in [5.41, 5.74) is 1.51. The Morgan fingerprint density at radius 2 is 1.68 bits per heavy atom. The number of nitrogens with one attached hydrogen (secondary N) is 3. The fraction of sp³-hybridized carbons (Fsp3) is 0.429. The van der Waals surface area contributed by atoms with Gasteiger partial charge in [0.25, 0.3) is 21.7 Å². The Labute approximate surface area is 265 Å². The summed E-state index contributed by atoms with van der Waals surface area (Å²) in [5.74, 6) is -0.979. The van der Waals surface area contributed by atoms with E-state index >= 15 is 0 Å². The minimum Gasteiger partial charge on any atom is -0.379 e. The number of urea groups is 1. The minimum absolute atomic E-state index is 0.0119. The molecule has 0 radical (unpaired) electrons. The maximum atomic E-state index is 13.3. The summed E-state index contributed by atoms with van der Waals surface area (Å²) in [6, 6.07) is 5.84. The predicted molar refractivity (Wildman–Crippen MR) is 152 cm³/mol. The minimum atomic E-state index is -5.57. The number of rotatable bonds is 6. The van der Waals surface area contributed by atoms with Crippen LogP contribution in [-0.2, 0) is 35.5 Å². The van der Waals surface area contributed by atoms with Crippen LogP contribution in [0.3, 0.4) is 0 Å². The fourth-order valence-corrected chi connectivity index (χ4v) is 6.28. The molecule has 2 aromatic rings. The number of hydrogen-bond acceptors (Lipinski definition) is 12. The number of ketones is 2. The average molecular weight is 680 g/mol. The zero-order valence-electron chi connectivity index (χ0n) is 24.5. The molecule has 2 saturated carbocycles. The number of sulfone groups is 1. The van der Waals surface area contributed by atoms with Crippen molar-refractivity contribution >= 4 is 44.9 Å². The van der Waals surface area contributed by atoms with Crippen molar-refractivity contribution in [2.45, 2.75) is 53.8 Å². The summed E-state index contributed by atoms with van der Waals surface area (Å²) in [6.07, 6.45) is 2.63. The van der Waals surface area contributed by atoms with Gasteiger partial charge in [-0.2, -0.15) is 13.2 Å². The molecule has 2 spiro atoms. The molecule has 0 bridgehead atoms. The molecule has 250 valence electrons. The number of ether oxygens (including phenoxy) is 1. The van der Waals surface area contributed by atoms with Gasteiger partial charge in [0.2, 0.25) is 0 Å². The summed E-state index contributed by atoms with van der Waals surface area (Å²) in [6.45, 7) is 2.01. The second kappa shape index (κ2) is 11.7. The van der Waals surface area contributed by atoms with Crippen LogP contribution in [0.5, 0.6) is 0 Å². The standard InChI is InChI=1S/C23H22F3N5O6S.C5H6N2O2/c24-23(25,26)38(35,36)17-3-1-16(2-4-17)31-20(33)22(6-7-22)30(21(31)34)14-15-5-8-27-18(13-15)19(32)28-29-9-11-37-12-10-29;8-3-1-4(9)5(2-3)6-7-5/h1-5,8,13H,6-7,9-12,14H2,(H,28,32);6-7H,1-2H2. The molecule has 0 atom stereocenters. The van der Waals surface area contributed by atoms with Crippen LogP contribution in [0.1, 0.15) is 41.7 Å². The van der Waals surface area contributed by atoms with E-state index in [1.54, 1.807) is 11.1 Å². The molecule has 19 heteroatoms. The molecule has 0 unspecified atom stereocenters. The Hall–Kier alpha value is -4.30. The van der Waals surface area contributed by atoms with Gasteiger partial charge in [-0.1, -0.05) is 0 Å². The van der Waals surface area contributed by atoms with E-state index in [4.69, 9.17) is 4.74 Å². The number of morpholine rings is 1. The normalized spacial score (nSPS) is 21.7. The van der Waals surface area contributed by atoms with Crippen molar-refractivity contribution in [1.82, 2.24) is 31.2 Å². The molecule has 1 aromatic heterocycles. The Kier molecular flexibility index (Phi) is 8.15. The quantitative estimate of drug-likeness (QED) is 0.218. The first kappa shape index (κ1) is 32.6. The molecule has 1 aromatic carbocycles. The molecule has 4 amide bonds. The van der Waals surface area contributed by atoms with E-state index in [1.165, 1.54) is 17.2 Å². The molecule has 5 fully saturated rings. The van der Waals surface area contributed by atoms with Crippen LogP contribution >= 0.6 is 0 Å². The van der Waals surface area contributed by atoms with Gasteiger partial charge in [0, 0.05) is 32.3 Å². The number of nitrogens with zero attached hydrogens (tertiary/aromatic N) is 4. The van der Waals surface area contributed by atoms with Gasteiger partial charge in [0.15, 0.2) is 11.4 Å². The van der Waals surface area contributed by atoms with Crippen LogP contribution in [0.15, 0.2) is 47.5 Å². The molecule has 2 aliphatic carbocycles. The molecule has 7 rings (SSSR count). The van der Waals surface area contributed by atoms with E-state index in [9.17, 15) is 45.6 Å². The van der Waals surface area contributed by atoms with Gasteiger partial charge in [0.05, 0.1) is 30.2 Å². The van der Waals surface area contributed by atoms with Gasteiger partial charge in [0.1, 0.15) is 17.0 Å². The Morgan fingerprint density at radius 3 is 2.21 bits per heavy atom. The van der Waals surface area contributed by atoms with Gasteiger partial charge in [-0.05, 0) is 54.8 Å². The fourth-order valence-electron chi connectivity index (χ4n) is 5.52. The predicted octanol–water partition coefficient (Wildman–Crippen LogP) is 0.576. The van der Waals surface area contributed by atoms with E-state index < -0.39 is 49.3 Å². The van der Waals surface area contributed by atoms with Crippen molar-refractivity contribution in [1.29, 1.82) is 0 Å². The summed E-state index contributed by atoms with van der Waals surface area (Å²) in [5, 5.41) is 1.71. The summed E-state index contributed by atoms with van der Waals surface area (Å²) < 4.78 is 67.1. The van der Waals surface area contributed by atoms with E-state index in [2.05, 4.69) is 21.3 Å². The summed E-state index contributed by atoms with van der Waals surface area (Å²) in [4.78, 5) is 65.9. The number of pyridine rings is 1. The van der Waals surface area contributed by atoms with Gasteiger partial charge in [-0.3, -0.25) is 29.6 Å². The molecule has 47 heavy (non-hydrogen) atoms. The Balaban J connectivity index is 0.000000366. The van der Waals surface area contributed by atoms with Crippen molar-refractivity contribution in [3.63, 3.8) is 0 Å². The van der Waals surface area contributed by atoms with Crippen LogP contribution in [-0.4, -0.2) is 95.7 Å². The highest BCUT2D eigenvalue weighted by Gasteiger charge is 2.65. The van der Waals surface area contributed by atoms with Crippen LogP contribution in [0, 0.1) is 0 Å². The first-order valence-electron chi connectivity index (χ1n) is 14.4. The first-order chi connectivity index (χ1) is 22.2. The second-order valence-electron chi connectivity index (χ2n) is 11.5. The topological polar surface area (TPSA) is 207 Å². The molecule has 15 nitrogen and oxygen atoms in total. The van der Waals surface area contributed by atoms with E-state index in [-0.39, 0.29) is 35.9 Å². The highest BCUT2D eigenvalue weighted by atomic mass is 32.2. The number of anilines is 1. The maximum Gasteiger partial charge on any atom is 0.501 e. The molecule has 3 aliphatic heterocycles. The van der Waals surface area contributed by atoms with Gasteiger partial charge < -0.3 is 9.64 Å². The number of carbonyl (C=O) groups is 5. The van der Waals surface area contributed by atoms with Gasteiger partial charge in [-0.25, -0.2) is 34.0 Å². The van der Waals surface area contributed by atoms with E-state index in [0.717, 1.165) is 17.0 Å². The van der Waals surface area contributed by atoms with Crippen LogP contribution in [0.2, 0.25) is 0 Å². The maximum absolute atomic E-state index is 13.3. The van der Waals surface area contributed by atoms with Crippen molar-refractivity contribution in [3.05, 3.63) is 53.9 Å². The summed E-state index contributed by atoms with van der Waals surface area (Å²) >= 11 is 0. The number of carbonyl (C=O) groups excluding carboxylic acids is 5. The van der Waals surface area contributed by atoms with E-state index in [0.29, 0.717) is 63.3 Å². The lowest BCUT2D eigenvalue weighted by Crippen LogP contribution is -2.48. The molecule has 4 heterocycles. The van der Waals surface area contributed by atoms with Gasteiger partial charge >= 0.3 is 11.5 Å². The largest absolute Gasteiger partial charge is 0.501 e. The van der Waals surface area contributed by atoms with Crippen LogP contribution in [0.25, 0.3) is 0 Å². The molecule has 3 saturated heterocycles. The lowest BCUT2D eigenvalue weighted by atomic mass is 10.1. The van der Waals surface area contributed by atoms with E-state index in [1.807, 2.05) is 0 Å². The lowest BCUT2D eigenvalue weighted by Gasteiger charge is -2.26. The number of hydrogen-bond donors (Lipinski definition) is 3. The third kappa shape index (κ3) is 6.11. The van der Waals surface area contributed by atoms with Crippen LogP contribution < -0.4 is 21.2 Å². The molecule has 5 aliphatic rings. The smallest absolute Gasteiger partial charge is 0.379 e. The third-order valence-electron chi connectivity index (χ3n) is 8.36. The average Bonchev–Trinajstić information content (AvgIpc) is 3.95. The highest BCUT2D eigenvalue weighted by Crippen LogP contribution is 2.49. The van der Waals surface area contributed by atoms with Crippen molar-refractivity contribution in [3.8, 4) is 0 Å². The highest BCUT2D eigenvalue weighted by molar-refractivity contribution is 7.92. The Morgan fingerprint density at radius 1 is 1.02 bits per heavy atom. The lowest BCUT2D eigenvalue weighted by molar-refractivity contribution is -0.122. The number of aromatic nitrogens is 1. The number of halogens is 3. The Bertz CT molecular complexity index is 1760. The number of alkyl halides is 3. The molecular weight excluding hydrogens is 651 g/mol. The number of Topliss-reactive ketones (excluding diaryl/α,β-unsaturated/α-hetero) is 2. The monoisotopic (exact) mass is 679 g/mol. The number of hydrazine groups is 2.